The third-order valence-electron chi connectivity index (χ3n) is 2.49. The molecule has 0 bridgehead atoms. The van der Waals surface area contributed by atoms with Crippen LogP contribution in [-0.4, -0.2) is 12.7 Å². The van der Waals surface area contributed by atoms with Crippen LogP contribution in [0.4, 0.5) is 0 Å². The van der Waals surface area contributed by atoms with E-state index in [0.717, 1.165) is 6.61 Å². The van der Waals surface area contributed by atoms with Gasteiger partial charge in [0.15, 0.2) is 0 Å². The van der Waals surface area contributed by atoms with E-state index < -0.39 is 0 Å². The van der Waals surface area contributed by atoms with Crippen LogP contribution in [0.2, 0.25) is 0 Å². The van der Waals surface area contributed by atoms with Crippen LogP contribution in [0.5, 0.6) is 0 Å². The summed E-state index contributed by atoms with van der Waals surface area (Å²) in [4.78, 5) is 0. The molecule has 0 saturated carbocycles. The van der Waals surface area contributed by atoms with Crippen LogP contribution in [0.1, 0.15) is 61.3 Å². The maximum atomic E-state index is 5.80. The van der Waals surface area contributed by atoms with Crippen molar-refractivity contribution in [3.05, 3.63) is 0 Å². The van der Waals surface area contributed by atoms with E-state index in [1.807, 2.05) is 0 Å². The highest BCUT2D eigenvalue weighted by Crippen LogP contribution is 2.30. The summed E-state index contributed by atoms with van der Waals surface area (Å²) in [7, 11) is 0. The first kappa shape index (κ1) is 14.0. The quantitative estimate of drug-likeness (QED) is 0.658. The second-order valence-corrected chi connectivity index (χ2v) is 6.41. The normalized spacial score (nSPS) is 15.6. The molecule has 0 aromatic carbocycles. The predicted molar refractivity (Wildman–Crippen MR) is 63.6 cm³/mol. The number of ether oxygens (including phenoxy) is 1. The molecule has 0 spiro atoms. The molecule has 0 aliphatic rings. The third-order valence-corrected chi connectivity index (χ3v) is 2.49. The van der Waals surface area contributed by atoms with Gasteiger partial charge in [-0.25, -0.2) is 0 Å². The standard InChI is InChI=1S/C13H28O/c1-8-14-11(13(5,6)7)9-10-12(2,3)4/h11H,8-10H2,1-7H3. The second kappa shape index (κ2) is 5.16. The maximum Gasteiger partial charge on any atom is 0.0623 e. The minimum absolute atomic E-state index is 0.265. The Morgan fingerprint density at radius 2 is 1.50 bits per heavy atom. The van der Waals surface area contributed by atoms with Crippen molar-refractivity contribution < 1.29 is 4.74 Å². The lowest BCUT2D eigenvalue weighted by atomic mass is 9.81. The molecule has 0 aromatic rings. The summed E-state index contributed by atoms with van der Waals surface area (Å²) >= 11 is 0. The van der Waals surface area contributed by atoms with Crippen LogP contribution in [0.15, 0.2) is 0 Å². The molecular weight excluding hydrogens is 172 g/mol. The largest absolute Gasteiger partial charge is 0.378 e. The van der Waals surface area contributed by atoms with Crippen molar-refractivity contribution in [3.8, 4) is 0 Å². The van der Waals surface area contributed by atoms with Crippen LogP contribution in [0, 0.1) is 10.8 Å². The minimum atomic E-state index is 0.265. The van der Waals surface area contributed by atoms with Gasteiger partial charge in [-0.1, -0.05) is 41.5 Å². The monoisotopic (exact) mass is 200 g/mol. The molecule has 0 aliphatic carbocycles. The van der Waals surface area contributed by atoms with Gasteiger partial charge in [0, 0.05) is 6.61 Å². The fraction of sp³-hybridized carbons (Fsp3) is 1.00. The Balaban J connectivity index is 4.12. The van der Waals surface area contributed by atoms with Crippen LogP contribution in [0.3, 0.4) is 0 Å². The first-order chi connectivity index (χ1) is 6.17. The van der Waals surface area contributed by atoms with Gasteiger partial charge in [0.05, 0.1) is 6.10 Å². The van der Waals surface area contributed by atoms with E-state index in [-0.39, 0.29) is 5.41 Å². The van der Waals surface area contributed by atoms with Gasteiger partial charge in [-0.15, -0.1) is 0 Å². The van der Waals surface area contributed by atoms with Crippen LogP contribution < -0.4 is 0 Å². The van der Waals surface area contributed by atoms with Crippen LogP contribution in [0.25, 0.3) is 0 Å². The van der Waals surface area contributed by atoms with Crippen molar-refractivity contribution in [1.82, 2.24) is 0 Å². The zero-order chi connectivity index (χ0) is 11.4. The van der Waals surface area contributed by atoms with E-state index >= 15 is 0 Å². The van der Waals surface area contributed by atoms with E-state index in [1.165, 1.54) is 12.8 Å². The highest BCUT2D eigenvalue weighted by molar-refractivity contribution is 4.76. The van der Waals surface area contributed by atoms with Gasteiger partial charge in [0.1, 0.15) is 0 Å². The summed E-state index contributed by atoms with van der Waals surface area (Å²) in [6.45, 7) is 16.6. The lowest BCUT2D eigenvalue weighted by Crippen LogP contribution is -2.30. The fourth-order valence-electron chi connectivity index (χ4n) is 1.53. The summed E-state index contributed by atoms with van der Waals surface area (Å²) in [5.74, 6) is 0. The van der Waals surface area contributed by atoms with Crippen LogP contribution in [-0.2, 0) is 4.74 Å². The average molecular weight is 200 g/mol. The Morgan fingerprint density at radius 1 is 1.00 bits per heavy atom. The molecule has 86 valence electrons. The van der Waals surface area contributed by atoms with Gasteiger partial charge in [-0.3, -0.25) is 0 Å². The maximum absolute atomic E-state index is 5.80. The molecule has 14 heavy (non-hydrogen) atoms. The van der Waals surface area contributed by atoms with E-state index in [4.69, 9.17) is 4.74 Å². The average Bonchev–Trinajstić information content (AvgIpc) is 1.93. The molecule has 0 saturated heterocycles. The number of hydrogen-bond acceptors (Lipinski definition) is 1. The van der Waals surface area contributed by atoms with Gasteiger partial charge in [0.25, 0.3) is 0 Å². The first-order valence-electron chi connectivity index (χ1n) is 5.78. The summed E-state index contributed by atoms with van der Waals surface area (Å²) in [6, 6.07) is 0. The predicted octanol–water partition coefficient (Wildman–Crippen LogP) is 4.26. The van der Waals surface area contributed by atoms with Gasteiger partial charge in [0.2, 0.25) is 0 Å². The van der Waals surface area contributed by atoms with Crippen molar-refractivity contribution in [3.63, 3.8) is 0 Å². The second-order valence-electron chi connectivity index (χ2n) is 6.41. The molecule has 0 fully saturated rings. The molecule has 0 radical (unpaired) electrons. The molecule has 0 heterocycles. The first-order valence-corrected chi connectivity index (χ1v) is 5.78. The van der Waals surface area contributed by atoms with Crippen LogP contribution >= 0.6 is 0 Å². The molecule has 0 aromatic heterocycles. The van der Waals surface area contributed by atoms with Gasteiger partial charge in [-0.2, -0.15) is 0 Å². The Hall–Kier alpha value is -0.0400. The Bertz CT molecular complexity index is 148. The molecule has 0 amide bonds. The Morgan fingerprint density at radius 3 is 1.79 bits per heavy atom. The molecule has 0 rings (SSSR count). The number of rotatable bonds is 4. The summed E-state index contributed by atoms with van der Waals surface area (Å²) in [5, 5.41) is 0. The molecule has 0 aliphatic heterocycles. The topological polar surface area (TPSA) is 9.23 Å². The molecule has 1 heteroatoms. The van der Waals surface area contributed by atoms with Crippen molar-refractivity contribution in [2.75, 3.05) is 6.61 Å². The van der Waals surface area contributed by atoms with Gasteiger partial charge in [-0.05, 0) is 30.6 Å². The van der Waals surface area contributed by atoms with E-state index in [2.05, 4.69) is 48.5 Å². The highest BCUT2D eigenvalue weighted by Gasteiger charge is 2.26. The van der Waals surface area contributed by atoms with Crippen molar-refractivity contribution in [1.29, 1.82) is 0 Å². The van der Waals surface area contributed by atoms with E-state index in [9.17, 15) is 0 Å². The Labute approximate surface area is 90.2 Å². The van der Waals surface area contributed by atoms with Gasteiger partial charge < -0.3 is 4.74 Å². The van der Waals surface area contributed by atoms with E-state index in [1.54, 1.807) is 0 Å². The zero-order valence-electron chi connectivity index (χ0n) is 11.1. The van der Waals surface area contributed by atoms with Crippen molar-refractivity contribution in [2.24, 2.45) is 10.8 Å². The SMILES string of the molecule is CCOC(CCC(C)(C)C)C(C)(C)C. The zero-order valence-corrected chi connectivity index (χ0v) is 11.1. The van der Waals surface area contributed by atoms with Crippen molar-refractivity contribution in [2.45, 2.75) is 67.4 Å². The molecule has 1 atom stereocenters. The smallest absolute Gasteiger partial charge is 0.0623 e. The van der Waals surface area contributed by atoms with Crippen molar-refractivity contribution >= 4 is 0 Å². The lowest BCUT2D eigenvalue weighted by Gasteiger charge is -2.32. The molecule has 1 unspecified atom stereocenters. The molecule has 0 N–H and O–H groups in total. The Kier molecular flexibility index (Phi) is 5.14. The van der Waals surface area contributed by atoms with Gasteiger partial charge >= 0.3 is 0 Å². The lowest BCUT2D eigenvalue weighted by molar-refractivity contribution is -0.0222. The minimum Gasteiger partial charge on any atom is -0.378 e. The van der Waals surface area contributed by atoms with E-state index in [0.29, 0.717) is 11.5 Å². The third kappa shape index (κ3) is 6.42. The highest BCUT2D eigenvalue weighted by atomic mass is 16.5. The summed E-state index contributed by atoms with van der Waals surface area (Å²) in [5.41, 5.74) is 0.682. The fourth-order valence-corrected chi connectivity index (χ4v) is 1.53. The molecule has 1 nitrogen and oxygen atoms in total. The summed E-state index contributed by atoms with van der Waals surface area (Å²) in [6.07, 6.45) is 2.79. The molecular formula is C13H28O. The summed E-state index contributed by atoms with van der Waals surface area (Å²) < 4.78 is 5.80. The number of hydrogen-bond donors (Lipinski definition) is 0.